The molecule has 0 amide bonds. The van der Waals surface area contributed by atoms with E-state index in [-0.39, 0.29) is 6.54 Å². The Labute approximate surface area is 112 Å². The van der Waals surface area contributed by atoms with Crippen molar-refractivity contribution in [2.75, 3.05) is 25.0 Å². The minimum absolute atomic E-state index is 0.0170. The molecule has 1 aromatic carbocycles. The topological polar surface area (TPSA) is 15.3 Å². The average molecular weight is 274 g/mol. The third-order valence-corrected chi connectivity index (χ3v) is 2.98. The van der Waals surface area contributed by atoms with Gasteiger partial charge in [-0.15, -0.1) is 0 Å². The number of hydrogen-bond acceptors (Lipinski definition) is 2. The lowest BCUT2D eigenvalue weighted by molar-refractivity contribution is -0.132. The maximum Gasteiger partial charge on any atom is 0.390 e. The van der Waals surface area contributed by atoms with Gasteiger partial charge < -0.3 is 10.2 Å². The van der Waals surface area contributed by atoms with E-state index in [9.17, 15) is 13.2 Å². The van der Waals surface area contributed by atoms with Crippen molar-refractivity contribution in [2.24, 2.45) is 0 Å². The van der Waals surface area contributed by atoms with E-state index < -0.39 is 12.6 Å². The number of hydrogen-bond donors (Lipinski definition) is 1. The number of anilines is 1. The summed E-state index contributed by atoms with van der Waals surface area (Å²) in [6.07, 6.45) is -4.89. The van der Waals surface area contributed by atoms with Gasteiger partial charge in [0.15, 0.2) is 0 Å². The standard InChI is InChI=1S/C14H21F3N2/c1-4-18-10-12-5-6-13(11(2)9-12)19(3)8-7-14(15,16)17/h5-6,9,18H,4,7-8,10H2,1-3H3. The number of halogens is 3. The fourth-order valence-electron chi connectivity index (χ4n) is 1.94. The van der Waals surface area contributed by atoms with Gasteiger partial charge in [0.2, 0.25) is 0 Å². The highest BCUT2D eigenvalue weighted by Gasteiger charge is 2.27. The van der Waals surface area contributed by atoms with Crippen LogP contribution in [0, 0.1) is 6.92 Å². The van der Waals surface area contributed by atoms with Crippen molar-refractivity contribution in [3.63, 3.8) is 0 Å². The fraction of sp³-hybridized carbons (Fsp3) is 0.571. The van der Waals surface area contributed by atoms with Gasteiger partial charge in [-0.2, -0.15) is 13.2 Å². The number of alkyl halides is 3. The maximum atomic E-state index is 12.2. The van der Waals surface area contributed by atoms with Crippen molar-refractivity contribution in [1.29, 1.82) is 0 Å². The predicted octanol–water partition coefficient (Wildman–Crippen LogP) is 3.49. The van der Waals surface area contributed by atoms with Gasteiger partial charge in [-0.3, -0.25) is 0 Å². The van der Waals surface area contributed by atoms with Gasteiger partial charge in [-0.05, 0) is 30.7 Å². The molecule has 108 valence electrons. The molecule has 0 aliphatic heterocycles. The van der Waals surface area contributed by atoms with Crippen molar-refractivity contribution >= 4 is 5.69 Å². The third kappa shape index (κ3) is 5.51. The summed E-state index contributed by atoms with van der Waals surface area (Å²) in [4.78, 5) is 1.65. The zero-order valence-electron chi connectivity index (χ0n) is 11.6. The summed E-state index contributed by atoms with van der Waals surface area (Å²) >= 11 is 0. The number of rotatable bonds is 6. The smallest absolute Gasteiger partial charge is 0.374 e. The second kappa shape index (κ2) is 6.80. The Morgan fingerprint density at radius 1 is 1.26 bits per heavy atom. The molecule has 0 aromatic heterocycles. The Balaban J connectivity index is 2.67. The zero-order valence-corrected chi connectivity index (χ0v) is 11.6. The van der Waals surface area contributed by atoms with Crippen LogP contribution in [0.15, 0.2) is 18.2 Å². The molecule has 1 N–H and O–H groups in total. The van der Waals surface area contributed by atoms with Gasteiger partial charge in [0.25, 0.3) is 0 Å². The van der Waals surface area contributed by atoms with Gasteiger partial charge in [0.1, 0.15) is 0 Å². The van der Waals surface area contributed by atoms with Crippen molar-refractivity contribution < 1.29 is 13.2 Å². The summed E-state index contributed by atoms with van der Waals surface area (Å²) < 4.78 is 36.6. The first-order chi connectivity index (χ1) is 8.83. The van der Waals surface area contributed by atoms with Gasteiger partial charge in [-0.25, -0.2) is 0 Å². The van der Waals surface area contributed by atoms with Crippen molar-refractivity contribution in [1.82, 2.24) is 5.32 Å². The lowest BCUT2D eigenvalue weighted by Gasteiger charge is -2.22. The van der Waals surface area contributed by atoms with Crippen molar-refractivity contribution in [2.45, 2.75) is 33.0 Å². The Morgan fingerprint density at radius 2 is 1.95 bits per heavy atom. The highest BCUT2D eigenvalue weighted by Crippen LogP contribution is 2.24. The van der Waals surface area contributed by atoms with Crippen molar-refractivity contribution in [3.8, 4) is 0 Å². The molecule has 5 heteroatoms. The molecule has 1 aromatic rings. The van der Waals surface area contributed by atoms with Gasteiger partial charge >= 0.3 is 6.18 Å². The minimum Gasteiger partial charge on any atom is -0.374 e. The van der Waals surface area contributed by atoms with Crippen LogP contribution in [0.3, 0.4) is 0 Å². The SMILES string of the molecule is CCNCc1ccc(N(C)CCC(F)(F)F)c(C)c1. The van der Waals surface area contributed by atoms with E-state index in [2.05, 4.69) is 5.32 Å². The molecule has 0 radical (unpaired) electrons. The molecule has 0 aliphatic carbocycles. The summed E-state index contributed by atoms with van der Waals surface area (Å²) in [5, 5.41) is 3.22. The summed E-state index contributed by atoms with van der Waals surface area (Å²) in [7, 11) is 1.69. The number of benzene rings is 1. The molecule has 0 atom stereocenters. The highest BCUT2D eigenvalue weighted by atomic mass is 19.4. The number of nitrogens with zero attached hydrogens (tertiary/aromatic N) is 1. The van der Waals surface area contributed by atoms with Crippen LogP contribution < -0.4 is 10.2 Å². The fourth-order valence-corrected chi connectivity index (χ4v) is 1.94. The first-order valence-corrected chi connectivity index (χ1v) is 6.41. The van der Waals surface area contributed by atoms with Crippen LogP contribution in [0.5, 0.6) is 0 Å². The first kappa shape index (κ1) is 15.8. The number of aryl methyl sites for hydroxylation is 1. The molecule has 0 spiro atoms. The van der Waals surface area contributed by atoms with Crippen LogP contribution in [0.1, 0.15) is 24.5 Å². The van der Waals surface area contributed by atoms with E-state index >= 15 is 0 Å². The van der Waals surface area contributed by atoms with E-state index in [1.54, 1.807) is 11.9 Å². The monoisotopic (exact) mass is 274 g/mol. The van der Waals surface area contributed by atoms with Gasteiger partial charge in [0, 0.05) is 25.8 Å². The Morgan fingerprint density at radius 3 is 2.47 bits per heavy atom. The lowest BCUT2D eigenvalue weighted by atomic mass is 10.1. The molecule has 0 heterocycles. The van der Waals surface area contributed by atoms with E-state index in [1.807, 2.05) is 32.0 Å². The zero-order chi connectivity index (χ0) is 14.5. The molecule has 0 unspecified atom stereocenters. The minimum atomic E-state index is -4.10. The van der Waals surface area contributed by atoms with Crippen LogP contribution in [0.25, 0.3) is 0 Å². The Hall–Kier alpha value is -1.23. The summed E-state index contributed by atoms with van der Waals surface area (Å²) in [6.45, 7) is 5.62. The second-order valence-electron chi connectivity index (χ2n) is 4.69. The number of nitrogens with one attached hydrogen (secondary N) is 1. The van der Waals surface area contributed by atoms with Crippen molar-refractivity contribution in [3.05, 3.63) is 29.3 Å². The molecule has 0 bridgehead atoms. The Kier molecular flexibility index (Phi) is 5.66. The molecule has 0 aliphatic rings. The van der Waals surface area contributed by atoms with Crippen LogP contribution >= 0.6 is 0 Å². The molecular formula is C14H21F3N2. The van der Waals surface area contributed by atoms with Crippen LogP contribution in [0.2, 0.25) is 0 Å². The van der Waals surface area contributed by atoms with E-state index in [0.717, 1.165) is 29.9 Å². The third-order valence-electron chi connectivity index (χ3n) is 2.98. The van der Waals surface area contributed by atoms with E-state index in [0.29, 0.717) is 0 Å². The largest absolute Gasteiger partial charge is 0.390 e. The van der Waals surface area contributed by atoms with Gasteiger partial charge in [0.05, 0.1) is 6.42 Å². The first-order valence-electron chi connectivity index (χ1n) is 6.41. The van der Waals surface area contributed by atoms with E-state index in [4.69, 9.17) is 0 Å². The molecule has 0 saturated carbocycles. The summed E-state index contributed by atoms with van der Waals surface area (Å²) in [5.74, 6) is 0. The van der Waals surface area contributed by atoms with Gasteiger partial charge in [-0.1, -0.05) is 19.1 Å². The lowest BCUT2D eigenvalue weighted by Crippen LogP contribution is -2.24. The second-order valence-corrected chi connectivity index (χ2v) is 4.69. The highest BCUT2D eigenvalue weighted by molar-refractivity contribution is 5.53. The quantitative estimate of drug-likeness (QED) is 0.854. The maximum absolute atomic E-state index is 12.2. The van der Waals surface area contributed by atoms with E-state index in [1.165, 1.54) is 0 Å². The average Bonchev–Trinajstić information content (AvgIpc) is 2.32. The normalized spacial score (nSPS) is 11.7. The summed E-state index contributed by atoms with van der Waals surface area (Å²) in [6, 6.07) is 5.86. The molecule has 0 saturated heterocycles. The molecule has 19 heavy (non-hydrogen) atoms. The molecule has 2 nitrogen and oxygen atoms in total. The molecular weight excluding hydrogens is 253 g/mol. The van der Waals surface area contributed by atoms with Crippen LogP contribution in [-0.4, -0.2) is 26.3 Å². The molecule has 0 fully saturated rings. The molecule has 1 rings (SSSR count). The summed E-state index contributed by atoms with van der Waals surface area (Å²) in [5.41, 5.74) is 3.00. The Bertz CT molecular complexity index is 402. The van der Waals surface area contributed by atoms with Crippen LogP contribution in [0.4, 0.5) is 18.9 Å². The van der Waals surface area contributed by atoms with Crippen LogP contribution in [-0.2, 0) is 6.54 Å². The predicted molar refractivity (Wildman–Crippen MR) is 72.5 cm³/mol.